The van der Waals surface area contributed by atoms with Crippen molar-refractivity contribution in [3.63, 3.8) is 0 Å². The highest BCUT2D eigenvalue weighted by atomic mass is 19.1. The van der Waals surface area contributed by atoms with Crippen LogP contribution < -0.4 is 11.3 Å². The van der Waals surface area contributed by atoms with Crippen molar-refractivity contribution in [1.29, 1.82) is 0 Å². The van der Waals surface area contributed by atoms with Gasteiger partial charge in [0.1, 0.15) is 5.82 Å². The second kappa shape index (κ2) is 5.33. The van der Waals surface area contributed by atoms with Crippen molar-refractivity contribution in [3.8, 4) is 0 Å². The molecule has 0 unspecified atom stereocenters. The first kappa shape index (κ1) is 13.3. The lowest BCUT2D eigenvalue weighted by atomic mass is 10.2. The fourth-order valence-corrected chi connectivity index (χ4v) is 2.18. The summed E-state index contributed by atoms with van der Waals surface area (Å²) in [7, 11) is 0. The van der Waals surface area contributed by atoms with Gasteiger partial charge in [-0.05, 0) is 18.2 Å². The Morgan fingerprint density at radius 3 is 3.00 bits per heavy atom. The standard InChI is InChI=1S/C13H13FN6O/c14-10-2-1-3-12-9(10)4-5-19(12)6-7-20-8-11(17-18-20)13(21)16-15/h1-5,8H,6-7,15H2,(H,16,21). The molecule has 7 nitrogen and oxygen atoms in total. The second-order valence-corrected chi connectivity index (χ2v) is 4.52. The SMILES string of the molecule is NNC(=O)c1cn(CCn2ccc3c(F)cccc32)nn1. The number of amides is 1. The lowest BCUT2D eigenvalue weighted by Gasteiger charge is -2.05. The van der Waals surface area contributed by atoms with Crippen LogP contribution in [0, 0.1) is 5.82 Å². The maximum Gasteiger partial charge on any atom is 0.287 e. The third-order valence-corrected chi connectivity index (χ3v) is 3.23. The molecule has 21 heavy (non-hydrogen) atoms. The van der Waals surface area contributed by atoms with Gasteiger partial charge in [-0.2, -0.15) is 0 Å². The van der Waals surface area contributed by atoms with Crippen LogP contribution in [-0.2, 0) is 13.1 Å². The van der Waals surface area contributed by atoms with Crippen molar-refractivity contribution in [2.24, 2.45) is 5.84 Å². The molecule has 0 aliphatic rings. The Hall–Kier alpha value is -2.74. The fraction of sp³-hybridized carbons (Fsp3) is 0.154. The molecule has 0 saturated carbocycles. The number of halogens is 1. The Morgan fingerprint density at radius 1 is 1.33 bits per heavy atom. The lowest BCUT2D eigenvalue weighted by molar-refractivity contribution is 0.0948. The molecule has 0 fully saturated rings. The van der Waals surface area contributed by atoms with E-state index >= 15 is 0 Å². The van der Waals surface area contributed by atoms with Crippen molar-refractivity contribution < 1.29 is 9.18 Å². The van der Waals surface area contributed by atoms with Crippen LogP contribution in [0.2, 0.25) is 0 Å². The number of nitrogen functional groups attached to an aromatic ring is 1. The normalized spacial score (nSPS) is 11.0. The van der Waals surface area contributed by atoms with E-state index in [1.165, 1.54) is 16.9 Å². The predicted octanol–water partition coefficient (Wildman–Crippen LogP) is 0.676. The molecule has 3 aromatic rings. The van der Waals surface area contributed by atoms with Crippen LogP contribution in [0.15, 0.2) is 36.7 Å². The number of hydrazine groups is 1. The van der Waals surface area contributed by atoms with E-state index in [0.29, 0.717) is 18.5 Å². The van der Waals surface area contributed by atoms with E-state index in [-0.39, 0.29) is 11.5 Å². The molecule has 0 saturated heterocycles. The Balaban J connectivity index is 1.76. The molecule has 108 valence electrons. The molecule has 1 amide bonds. The van der Waals surface area contributed by atoms with Crippen molar-refractivity contribution >= 4 is 16.8 Å². The number of nitrogens with one attached hydrogen (secondary N) is 1. The number of benzene rings is 1. The molecule has 0 aliphatic heterocycles. The van der Waals surface area contributed by atoms with Crippen LogP contribution in [0.25, 0.3) is 10.9 Å². The summed E-state index contributed by atoms with van der Waals surface area (Å²) in [5.41, 5.74) is 2.96. The maximum absolute atomic E-state index is 13.6. The molecule has 0 radical (unpaired) electrons. The zero-order chi connectivity index (χ0) is 14.8. The Morgan fingerprint density at radius 2 is 2.19 bits per heavy atom. The summed E-state index contributed by atoms with van der Waals surface area (Å²) in [6.45, 7) is 1.09. The van der Waals surface area contributed by atoms with Crippen LogP contribution >= 0.6 is 0 Å². The Labute approximate surface area is 119 Å². The van der Waals surface area contributed by atoms with Crippen molar-refractivity contribution in [1.82, 2.24) is 25.0 Å². The van der Waals surface area contributed by atoms with Gasteiger partial charge in [0.25, 0.3) is 5.91 Å². The van der Waals surface area contributed by atoms with Crippen molar-refractivity contribution in [2.75, 3.05) is 0 Å². The number of nitrogens with zero attached hydrogens (tertiary/aromatic N) is 4. The van der Waals surface area contributed by atoms with E-state index in [1.807, 2.05) is 22.3 Å². The first-order chi connectivity index (χ1) is 10.2. The summed E-state index contributed by atoms with van der Waals surface area (Å²) >= 11 is 0. The number of nitrogens with two attached hydrogens (primary N) is 1. The lowest BCUT2D eigenvalue weighted by Crippen LogP contribution is -2.30. The van der Waals surface area contributed by atoms with E-state index in [0.717, 1.165) is 5.52 Å². The Bertz CT molecular complexity index is 793. The molecule has 0 spiro atoms. The molecule has 2 aromatic heterocycles. The number of hydrogen-bond donors (Lipinski definition) is 2. The van der Waals surface area contributed by atoms with Gasteiger partial charge in [0.2, 0.25) is 0 Å². The zero-order valence-electron chi connectivity index (χ0n) is 11.0. The molecular weight excluding hydrogens is 275 g/mol. The quantitative estimate of drug-likeness (QED) is 0.419. The predicted molar refractivity (Wildman–Crippen MR) is 73.6 cm³/mol. The molecule has 3 rings (SSSR count). The van der Waals surface area contributed by atoms with Crippen LogP contribution in [0.1, 0.15) is 10.5 Å². The van der Waals surface area contributed by atoms with E-state index in [4.69, 9.17) is 5.84 Å². The van der Waals surface area contributed by atoms with Crippen LogP contribution in [-0.4, -0.2) is 25.5 Å². The zero-order valence-corrected chi connectivity index (χ0v) is 11.0. The van der Waals surface area contributed by atoms with Gasteiger partial charge in [-0.15, -0.1) is 5.10 Å². The minimum Gasteiger partial charge on any atom is -0.346 e. The minimum absolute atomic E-state index is 0.154. The highest BCUT2D eigenvalue weighted by molar-refractivity contribution is 5.91. The third kappa shape index (κ3) is 2.48. The molecule has 8 heteroatoms. The van der Waals surface area contributed by atoms with Gasteiger partial charge in [-0.1, -0.05) is 11.3 Å². The molecule has 1 aromatic carbocycles. The first-order valence-electron chi connectivity index (χ1n) is 6.33. The number of carbonyl (C=O) groups is 1. The van der Waals surface area contributed by atoms with E-state index in [9.17, 15) is 9.18 Å². The number of aromatic nitrogens is 4. The third-order valence-electron chi connectivity index (χ3n) is 3.23. The smallest absolute Gasteiger partial charge is 0.287 e. The van der Waals surface area contributed by atoms with Crippen LogP contribution in [0.4, 0.5) is 4.39 Å². The highest BCUT2D eigenvalue weighted by Crippen LogP contribution is 2.18. The largest absolute Gasteiger partial charge is 0.346 e. The van der Waals surface area contributed by atoms with Gasteiger partial charge < -0.3 is 4.57 Å². The number of rotatable bonds is 4. The van der Waals surface area contributed by atoms with Crippen molar-refractivity contribution in [3.05, 3.63) is 48.2 Å². The number of hydrogen-bond acceptors (Lipinski definition) is 4. The molecular formula is C13H13FN6O. The molecule has 0 bridgehead atoms. The Kier molecular flexibility index (Phi) is 3.36. The fourth-order valence-electron chi connectivity index (χ4n) is 2.18. The second-order valence-electron chi connectivity index (χ2n) is 4.52. The number of fused-ring (bicyclic) bond motifs is 1. The molecule has 2 heterocycles. The van der Waals surface area contributed by atoms with Gasteiger partial charge in [0.15, 0.2) is 5.69 Å². The summed E-state index contributed by atoms with van der Waals surface area (Å²) < 4.78 is 17.1. The van der Waals surface area contributed by atoms with Gasteiger partial charge >= 0.3 is 0 Å². The first-order valence-corrected chi connectivity index (χ1v) is 6.33. The van der Waals surface area contributed by atoms with E-state index in [2.05, 4.69) is 10.3 Å². The number of carbonyl (C=O) groups excluding carboxylic acids is 1. The number of aryl methyl sites for hydroxylation is 2. The summed E-state index contributed by atoms with van der Waals surface area (Å²) in [5, 5.41) is 8.14. The van der Waals surface area contributed by atoms with Crippen LogP contribution in [0.5, 0.6) is 0 Å². The minimum atomic E-state index is -0.491. The summed E-state index contributed by atoms with van der Waals surface area (Å²) in [6.07, 6.45) is 3.33. The summed E-state index contributed by atoms with van der Waals surface area (Å²) in [4.78, 5) is 11.3. The molecule has 3 N–H and O–H groups in total. The van der Waals surface area contributed by atoms with Crippen LogP contribution in [0.3, 0.4) is 0 Å². The average molecular weight is 288 g/mol. The van der Waals surface area contributed by atoms with Gasteiger partial charge in [0, 0.05) is 18.1 Å². The van der Waals surface area contributed by atoms with Crippen molar-refractivity contribution in [2.45, 2.75) is 13.1 Å². The highest BCUT2D eigenvalue weighted by Gasteiger charge is 2.09. The monoisotopic (exact) mass is 288 g/mol. The summed E-state index contributed by atoms with van der Waals surface area (Å²) in [5.74, 6) is 4.29. The summed E-state index contributed by atoms with van der Waals surface area (Å²) in [6, 6.07) is 6.70. The van der Waals surface area contributed by atoms with E-state index in [1.54, 1.807) is 12.1 Å². The van der Waals surface area contributed by atoms with Gasteiger partial charge in [-0.3, -0.25) is 10.2 Å². The topological polar surface area (TPSA) is 90.8 Å². The van der Waals surface area contributed by atoms with E-state index < -0.39 is 5.91 Å². The molecule has 0 atom stereocenters. The molecule has 0 aliphatic carbocycles. The van der Waals surface area contributed by atoms with Gasteiger partial charge in [-0.25, -0.2) is 14.9 Å². The van der Waals surface area contributed by atoms with Gasteiger partial charge in [0.05, 0.1) is 18.3 Å². The average Bonchev–Trinajstić information content (AvgIpc) is 3.12. The maximum atomic E-state index is 13.6.